The zero-order valence-electron chi connectivity index (χ0n) is 11.2. The van der Waals surface area contributed by atoms with Gasteiger partial charge in [0, 0.05) is 14.1 Å². The summed E-state index contributed by atoms with van der Waals surface area (Å²) >= 11 is 11.0. The molecule has 1 aromatic rings. The molecule has 0 atom stereocenters. The lowest BCUT2D eigenvalue weighted by atomic mass is 10.1. The van der Waals surface area contributed by atoms with Crippen LogP contribution >= 0.6 is 23.8 Å². The van der Waals surface area contributed by atoms with Gasteiger partial charge in [-0.15, -0.1) is 0 Å². The summed E-state index contributed by atoms with van der Waals surface area (Å²) in [5.41, 5.74) is 1.07. The molecule has 1 aliphatic rings. The van der Waals surface area contributed by atoms with E-state index in [0.717, 1.165) is 0 Å². The highest BCUT2D eigenvalue weighted by molar-refractivity contribution is 7.80. The molecule has 1 saturated heterocycles. The highest BCUT2D eigenvalue weighted by Crippen LogP contribution is 2.36. The quantitative estimate of drug-likeness (QED) is 0.669. The Morgan fingerprint density at radius 3 is 2.50 bits per heavy atom. The van der Waals surface area contributed by atoms with E-state index in [0.29, 0.717) is 16.4 Å². The highest BCUT2D eigenvalue weighted by atomic mass is 35.5. The molecular formula is C13H13ClN2O3S. The number of carbonyl (C=O) groups excluding carboxylic acids is 1. The molecule has 1 aliphatic heterocycles. The van der Waals surface area contributed by atoms with Gasteiger partial charge in [-0.1, -0.05) is 11.6 Å². The van der Waals surface area contributed by atoms with E-state index < -0.39 is 0 Å². The third-order valence-corrected chi connectivity index (χ3v) is 3.87. The summed E-state index contributed by atoms with van der Waals surface area (Å²) in [5, 5.41) is 10.3. The molecule has 106 valence electrons. The summed E-state index contributed by atoms with van der Waals surface area (Å²) in [4.78, 5) is 15.1. The second-order valence-corrected chi connectivity index (χ2v) is 5.06. The predicted octanol–water partition coefficient (Wildman–Crippen LogP) is 2.08. The molecule has 0 aromatic heterocycles. The first-order chi connectivity index (χ1) is 9.36. The number of benzene rings is 1. The summed E-state index contributed by atoms with van der Waals surface area (Å²) < 4.78 is 5.03. The summed E-state index contributed by atoms with van der Waals surface area (Å²) in [5.74, 6) is -0.0795. The number of methoxy groups -OCH3 is 1. The Morgan fingerprint density at radius 1 is 1.35 bits per heavy atom. The smallest absolute Gasteiger partial charge is 0.276 e. The van der Waals surface area contributed by atoms with Crippen molar-refractivity contribution in [1.29, 1.82) is 0 Å². The second-order valence-electron chi connectivity index (χ2n) is 4.29. The zero-order valence-corrected chi connectivity index (χ0v) is 12.7. The molecule has 1 heterocycles. The zero-order chi connectivity index (χ0) is 15.0. The topological polar surface area (TPSA) is 53.0 Å². The van der Waals surface area contributed by atoms with Crippen molar-refractivity contribution in [2.45, 2.75) is 0 Å². The minimum atomic E-state index is -0.194. The van der Waals surface area contributed by atoms with Gasteiger partial charge in [0.15, 0.2) is 16.6 Å². The fraction of sp³-hybridized carbons (Fsp3) is 0.231. The number of aromatic hydroxyl groups is 1. The first-order valence-electron chi connectivity index (χ1n) is 5.70. The van der Waals surface area contributed by atoms with Gasteiger partial charge in [0.05, 0.1) is 12.1 Å². The van der Waals surface area contributed by atoms with Crippen LogP contribution in [0.2, 0.25) is 5.02 Å². The lowest BCUT2D eigenvalue weighted by molar-refractivity contribution is -0.121. The van der Waals surface area contributed by atoms with Crippen LogP contribution in [0.25, 0.3) is 6.08 Å². The first-order valence-corrected chi connectivity index (χ1v) is 6.49. The number of hydrogen-bond donors (Lipinski definition) is 1. The summed E-state index contributed by atoms with van der Waals surface area (Å²) in [6, 6.07) is 3.14. The van der Waals surface area contributed by atoms with Crippen molar-refractivity contribution in [1.82, 2.24) is 9.80 Å². The van der Waals surface area contributed by atoms with E-state index in [9.17, 15) is 9.90 Å². The molecule has 0 radical (unpaired) electrons. The molecule has 1 amide bonds. The van der Waals surface area contributed by atoms with Gasteiger partial charge in [-0.05, 0) is 36.0 Å². The number of phenolic OH excluding ortho intramolecular Hbond substituents is 1. The summed E-state index contributed by atoms with van der Waals surface area (Å²) in [6.45, 7) is 0. The standard InChI is InChI=1S/C13H13ClN2O3S/c1-15-9(12(18)16(2)13(15)20)5-7-4-8(14)11(17)10(6-7)19-3/h4-6,17H,1-3H3. The Bertz CT molecular complexity index is 630. The van der Waals surface area contributed by atoms with Gasteiger partial charge < -0.3 is 14.7 Å². The number of halogens is 1. The normalized spacial score (nSPS) is 17.3. The molecule has 2 rings (SSSR count). The fourth-order valence-corrected chi connectivity index (χ4v) is 2.28. The summed E-state index contributed by atoms with van der Waals surface area (Å²) in [7, 11) is 4.76. The van der Waals surface area contributed by atoms with E-state index in [4.69, 9.17) is 28.6 Å². The van der Waals surface area contributed by atoms with Crippen molar-refractivity contribution in [3.05, 3.63) is 28.4 Å². The molecule has 1 fully saturated rings. The third kappa shape index (κ3) is 2.32. The largest absolute Gasteiger partial charge is 0.503 e. The van der Waals surface area contributed by atoms with Crippen molar-refractivity contribution in [2.24, 2.45) is 0 Å². The first kappa shape index (κ1) is 14.6. The average molecular weight is 313 g/mol. The van der Waals surface area contributed by atoms with Crippen LogP contribution < -0.4 is 4.74 Å². The Hall–Kier alpha value is -1.79. The molecule has 0 bridgehead atoms. The Morgan fingerprint density at radius 2 is 2.00 bits per heavy atom. The summed E-state index contributed by atoms with van der Waals surface area (Å²) in [6.07, 6.45) is 1.64. The van der Waals surface area contributed by atoms with E-state index in [1.165, 1.54) is 12.0 Å². The van der Waals surface area contributed by atoms with Gasteiger partial charge in [-0.25, -0.2) is 0 Å². The van der Waals surface area contributed by atoms with Gasteiger partial charge in [-0.2, -0.15) is 0 Å². The average Bonchev–Trinajstić information content (AvgIpc) is 2.60. The van der Waals surface area contributed by atoms with Gasteiger partial charge >= 0.3 is 0 Å². The van der Waals surface area contributed by atoms with Crippen LogP contribution in [0.15, 0.2) is 17.8 Å². The molecular weight excluding hydrogens is 300 g/mol. The number of nitrogens with zero attached hydrogens (tertiary/aromatic N) is 2. The molecule has 1 aromatic carbocycles. The molecule has 0 spiro atoms. The fourth-order valence-electron chi connectivity index (χ4n) is 1.88. The Labute approximate surface area is 127 Å². The molecule has 5 nitrogen and oxygen atoms in total. The van der Waals surface area contributed by atoms with Gasteiger partial charge in [0.2, 0.25) is 0 Å². The molecule has 0 aliphatic carbocycles. The van der Waals surface area contributed by atoms with Crippen LogP contribution in [0.4, 0.5) is 0 Å². The van der Waals surface area contributed by atoms with Crippen molar-refractivity contribution in [3.8, 4) is 11.5 Å². The SMILES string of the molecule is COc1cc(C=C2C(=O)N(C)C(=S)N2C)cc(Cl)c1O. The van der Waals surface area contributed by atoms with Crippen molar-refractivity contribution in [2.75, 3.05) is 21.2 Å². The van der Waals surface area contributed by atoms with Gasteiger partial charge in [-0.3, -0.25) is 9.69 Å². The maximum absolute atomic E-state index is 12.1. The lowest BCUT2D eigenvalue weighted by Crippen LogP contribution is -2.26. The van der Waals surface area contributed by atoms with Crippen LogP contribution in [0.1, 0.15) is 5.56 Å². The van der Waals surface area contributed by atoms with E-state index in [1.54, 1.807) is 37.2 Å². The monoisotopic (exact) mass is 312 g/mol. The minimum Gasteiger partial charge on any atom is -0.503 e. The maximum Gasteiger partial charge on any atom is 0.276 e. The van der Waals surface area contributed by atoms with Crippen molar-refractivity contribution in [3.63, 3.8) is 0 Å². The van der Waals surface area contributed by atoms with Gasteiger partial charge in [0.25, 0.3) is 5.91 Å². The van der Waals surface area contributed by atoms with Crippen LogP contribution in [-0.4, -0.2) is 47.1 Å². The van der Waals surface area contributed by atoms with Crippen LogP contribution in [0.3, 0.4) is 0 Å². The second kappa shape index (κ2) is 5.30. The Balaban J connectivity index is 2.48. The van der Waals surface area contributed by atoms with E-state index >= 15 is 0 Å². The van der Waals surface area contributed by atoms with E-state index in [-0.39, 0.29) is 22.4 Å². The number of phenols is 1. The van der Waals surface area contributed by atoms with Crippen LogP contribution in [0.5, 0.6) is 11.5 Å². The number of ether oxygens (including phenoxy) is 1. The number of rotatable bonds is 2. The van der Waals surface area contributed by atoms with Gasteiger partial charge in [0.1, 0.15) is 5.70 Å². The number of amides is 1. The maximum atomic E-state index is 12.1. The Kier molecular flexibility index (Phi) is 3.87. The number of likely N-dealkylation sites (N-methyl/N-ethyl adjacent to an activating group) is 2. The van der Waals surface area contributed by atoms with Crippen LogP contribution in [-0.2, 0) is 4.79 Å². The molecule has 1 N–H and O–H groups in total. The number of thiocarbonyl (C=S) groups is 1. The third-order valence-electron chi connectivity index (χ3n) is 3.03. The highest BCUT2D eigenvalue weighted by Gasteiger charge is 2.32. The van der Waals surface area contributed by atoms with Crippen molar-refractivity contribution >= 4 is 40.9 Å². The van der Waals surface area contributed by atoms with Crippen LogP contribution in [0, 0.1) is 0 Å². The number of carbonyl (C=O) groups is 1. The number of hydrogen-bond acceptors (Lipinski definition) is 4. The van der Waals surface area contributed by atoms with Crippen molar-refractivity contribution < 1.29 is 14.6 Å². The predicted molar refractivity (Wildman–Crippen MR) is 80.8 cm³/mol. The molecule has 20 heavy (non-hydrogen) atoms. The van der Waals surface area contributed by atoms with E-state index in [2.05, 4.69) is 0 Å². The molecule has 7 heteroatoms. The lowest BCUT2D eigenvalue weighted by Gasteiger charge is -2.11. The van der Waals surface area contributed by atoms with E-state index in [1.807, 2.05) is 0 Å². The molecule has 0 saturated carbocycles. The minimum absolute atomic E-state index is 0.130. The molecule has 0 unspecified atom stereocenters.